The zero-order chi connectivity index (χ0) is 26.4. The Kier molecular flexibility index (Phi) is 7.86. The van der Waals surface area contributed by atoms with Crippen molar-refractivity contribution in [2.45, 2.75) is 58.2 Å². The zero-order valence-electron chi connectivity index (χ0n) is 21.5. The van der Waals surface area contributed by atoms with Gasteiger partial charge in [-0.05, 0) is 49.6 Å². The first-order valence-corrected chi connectivity index (χ1v) is 12.3. The number of alkyl carbamates (subject to hydrolysis) is 1. The van der Waals surface area contributed by atoms with Crippen molar-refractivity contribution >= 4 is 22.8 Å². The van der Waals surface area contributed by atoms with Crippen molar-refractivity contribution in [1.29, 1.82) is 0 Å². The van der Waals surface area contributed by atoms with Gasteiger partial charge in [-0.3, -0.25) is 4.79 Å². The van der Waals surface area contributed by atoms with E-state index in [4.69, 9.17) is 9.26 Å². The van der Waals surface area contributed by atoms with E-state index in [1.165, 1.54) is 0 Å². The van der Waals surface area contributed by atoms with Crippen LogP contribution in [0.3, 0.4) is 0 Å². The molecule has 0 saturated carbocycles. The van der Waals surface area contributed by atoms with Crippen molar-refractivity contribution in [3.63, 3.8) is 0 Å². The molecule has 8 heteroatoms. The van der Waals surface area contributed by atoms with Gasteiger partial charge in [0.2, 0.25) is 11.8 Å². The van der Waals surface area contributed by atoms with E-state index in [0.717, 1.165) is 21.9 Å². The fraction of sp³-hybridized carbons (Fsp3) is 0.310. The standard InChI is InChI=1S/C29H32N4O4/c1-19-30-27(37-33-19)25(17-20-10-6-5-7-11-20)31-26(34)24(32-28(35)36-29(2,3)4)18-21-14-15-22-12-8-9-13-23(22)16-21/h5-16,24-25H,17-18H2,1-4H3,(H,31,34)(H,32,35). The second-order valence-corrected chi connectivity index (χ2v) is 10.0. The molecule has 0 aliphatic rings. The fourth-order valence-electron chi connectivity index (χ4n) is 4.04. The minimum Gasteiger partial charge on any atom is -0.444 e. The van der Waals surface area contributed by atoms with Crippen molar-refractivity contribution in [3.05, 3.63) is 95.6 Å². The second kappa shape index (κ2) is 11.2. The number of carbonyl (C=O) groups excluding carboxylic acids is 2. The van der Waals surface area contributed by atoms with Crippen LogP contribution in [0.4, 0.5) is 4.79 Å². The normalized spacial score (nSPS) is 13.1. The largest absolute Gasteiger partial charge is 0.444 e. The van der Waals surface area contributed by atoms with Crippen LogP contribution in [0.5, 0.6) is 0 Å². The van der Waals surface area contributed by atoms with Crippen LogP contribution in [0.1, 0.15) is 49.7 Å². The van der Waals surface area contributed by atoms with Gasteiger partial charge in [0.1, 0.15) is 17.7 Å². The molecule has 2 N–H and O–H groups in total. The summed E-state index contributed by atoms with van der Waals surface area (Å²) in [6.45, 7) is 7.05. The molecule has 0 aliphatic carbocycles. The van der Waals surface area contributed by atoms with E-state index in [1.807, 2.05) is 72.8 Å². The maximum Gasteiger partial charge on any atom is 0.408 e. The molecule has 8 nitrogen and oxygen atoms in total. The predicted molar refractivity (Wildman–Crippen MR) is 141 cm³/mol. The molecule has 0 bridgehead atoms. The van der Waals surface area contributed by atoms with Gasteiger partial charge in [-0.1, -0.05) is 78.0 Å². The average Bonchev–Trinajstić information content (AvgIpc) is 3.29. The SMILES string of the molecule is Cc1noc(C(Cc2ccccc2)NC(=O)C(Cc2ccc3ccccc3c2)NC(=O)OC(C)(C)C)n1. The molecule has 3 aromatic carbocycles. The lowest BCUT2D eigenvalue weighted by atomic mass is 10.0. The molecule has 1 aromatic heterocycles. The van der Waals surface area contributed by atoms with Crippen LogP contribution >= 0.6 is 0 Å². The molecule has 0 fully saturated rings. The first-order chi connectivity index (χ1) is 17.7. The first kappa shape index (κ1) is 25.9. The number of hydrogen-bond donors (Lipinski definition) is 2. The molecule has 37 heavy (non-hydrogen) atoms. The summed E-state index contributed by atoms with van der Waals surface area (Å²) in [4.78, 5) is 30.6. The molecule has 0 aliphatic heterocycles. The number of nitrogens with one attached hydrogen (secondary N) is 2. The number of aryl methyl sites for hydroxylation is 1. The third-order valence-corrected chi connectivity index (χ3v) is 5.70. The lowest BCUT2D eigenvalue weighted by molar-refractivity contribution is -0.124. The van der Waals surface area contributed by atoms with E-state index in [0.29, 0.717) is 18.1 Å². The molecular weight excluding hydrogens is 468 g/mol. The molecule has 2 atom stereocenters. The van der Waals surface area contributed by atoms with Crippen molar-refractivity contribution in [1.82, 2.24) is 20.8 Å². The van der Waals surface area contributed by atoms with Gasteiger partial charge in [0.25, 0.3) is 0 Å². The number of hydrogen-bond acceptors (Lipinski definition) is 6. The van der Waals surface area contributed by atoms with Crippen molar-refractivity contribution in [3.8, 4) is 0 Å². The Balaban J connectivity index is 1.59. The van der Waals surface area contributed by atoms with Crippen molar-refractivity contribution in [2.75, 3.05) is 0 Å². The summed E-state index contributed by atoms with van der Waals surface area (Å²) in [7, 11) is 0. The Morgan fingerprint density at radius 2 is 1.59 bits per heavy atom. The topological polar surface area (TPSA) is 106 Å². The Labute approximate surface area is 216 Å². The van der Waals surface area contributed by atoms with E-state index in [-0.39, 0.29) is 12.3 Å². The van der Waals surface area contributed by atoms with Gasteiger partial charge in [-0.15, -0.1) is 0 Å². The molecule has 4 rings (SSSR count). The number of rotatable bonds is 8. The van der Waals surface area contributed by atoms with Gasteiger partial charge < -0.3 is 19.9 Å². The van der Waals surface area contributed by atoms with E-state index in [1.54, 1.807) is 27.7 Å². The van der Waals surface area contributed by atoms with E-state index < -0.39 is 23.8 Å². The lowest BCUT2D eigenvalue weighted by Gasteiger charge is -2.25. The Bertz CT molecular complexity index is 1360. The molecule has 2 unspecified atom stereocenters. The number of fused-ring (bicyclic) bond motifs is 1. The van der Waals surface area contributed by atoms with Gasteiger partial charge in [0.15, 0.2) is 5.82 Å². The summed E-state index contributed by atoms with van der Waals surface area (Å²) in [6, 6.07) is 22.2. The monoisotopic (exact) mass is 500 g/mol. The minimum absolute atomic E-state index is 0.275. The van der Waals surface area contributed by atoms with E-state index in [2.05, 4.69) is 20.8 Å². The highest BCUT2D eigenvalue weighted by atomic mass is 16.6. The summed E-state index contributed by atoms with van der Waals surface area (Å²) in [5.41, 5.74) is 1.20. The highest BCUT2D eigenvalue weighted by Crippen LogP contribution is 2.20. The first-order valence-electron chi connectivity index (χ1n) is 12.3. The molecule has 1 heterocycles. The Morgan fingerprint density at radius 3 is 2.27 bits per heavy atom. The molecule has 0 saturated heterocycles. The number of amides is 2. The number of nitrogens with zero attached hydrogens (tertiary/aromatic N) is 2. The summed E-state index contributed by atoms with van der Waals surface area (Å²) < 4.78 is 10.8. The third-order valence-electron chi connectivity index (χ3n) is 5.70. The zero-order valence-corrected chi connectivity index (χ0v) is 21.5. The van der Waals surface area contributed by atoms with Crippen molar-refractivity contribution in [2.24, 2.45) is 0 Å². The number of benzene rings is 3. The molecule has 192 valence electrons. The Hall–Kier alpha value is -4.20. The number of aromatic nitrogens is 2. The van der Waals surface area contributed by atoms with Crippen LogP contribution in [-0.2, 0) is 22.4 Å². The second-order valence-electron chi connectivity index (χ2n) is 10.0. The molecular formula is C29H32N4O4. The van der Waals surface area contributed by atoms with E-state index in [9.17, 15) is 9.59 Å². The van der Waals surface area contributed by atoms with E-state index >= 15 is 0 Å². The summed E-state index contributed by atoms with van der Waals surface area (Å²) >= 11 is 0. The van der Waals surface area contributed by atoms with Crippen LogP contribution in [0.15, 0.2) is 77.3 Å². The average molecular weight is 501 g/mol. The molecule has 2 amide bonds. The van der Waals surface area contributed by atoms with Gasteiger partial charge in [-0.25, -0.2) is 4.79 Å². The highest BCUT2D eigenvalue weighted by molar-refractivity contribution is 5.87. The van der Waals surface area contributed by atoms with Crippen molar-refractivity contribution < 1.29 is 18.8 Å². The Morgan fingerprint density at radius 1 is 0.892 bits per heavy atom. The fourth-order valence-corrected chi connectivity index (χ4v) is 4.04. The molecule has 4 aromatic rings. The quantitative estimate of drug-likeness (QED) is 0.350. The number of ether oxygens (including phenoxy) is 1. The van der Waals surface area contributed by atoms with Crippen LogP contribution in [0.25, 0.3) is 10.8 Å². The maximum atomic E-state index is 13.6. The van der Waals surface area contributed by atoms with Gasteiger partial charge in [0, 0.05) is 12.8 Å². The number of carbonyl (C=O) groups is 2. The van der Waals surface area contributed by atoms with Crippen LogP contribution in [0.2, 0.25) is 0 Å². The minimum atomic E-state index is -0.890. The predicted octanol–water partition coefficient (Wildman–Crippen LogP) is 5.07. The highest BCUT2D eigenvalue weighted by Gasteiger charge is 2.29. The van der Waals surface area contributed by atoms with Crippen LogP contribution in [0, 0.1) is 6.92 Å². The van der Waals surface area contributed by atoms with Gasteiger partial charge in [0.05, 0.1) is 0 Å². The lowest BCUT2D eigenvalue weighted by Crippen LogP contribution is -2.50. The smallest absolute Gasteiger partial charge is 0.408 e. The molecule has 0 spiro atoms. The summed E-state index contributed by atoms with van der Waals surface area (Å²) in [6.07, 6.45) is 0.0573. The van der Waals surface area contributed by atoms with Crippen LogP contribution < -0.4 is 10.6 Å². The third kappa shape index (κ3) is 7.39. The maximum absolute atomic E-state index is 13.6. The molecule has 0 radical (unpaired) electrons. The summed E-state index contributed by atoms with van der Waals surface area (Å²) in [5.74, 6) is 0.397. The summed E-state index contributed by atoms with van der Waals surface area (Å²) in [5, 5.41) is 11.8. The van der Waals surface area contributed by atoms with Gasteiger partial charge in [-0.2, -0.15) is 4.98 Å². The van der Waals surface area contributed by atoms with Crippen LogP contribution in [-0.4, -0.2) is 33.8 Å². The van der Waals surface area contributed by atoms with Gasteiger partial charge >= 0.3 is 6.09 Å².